The Morgan fingerprint density at radius 2 is 1.46 bits per heavy atom. The van der Waals surface area contributed by atoms with Gasteiger partial charge in [-0.2, -0.15) is 0 Å². The molecule has 0 aliphatic carbocycles. The number of methoxy groups -OCH3 is 3. The molecule has 0 saturated carbocycles. The van der Waals surface area contributed by atoms with Crippen LogP contribution in [0.4, 0.5) is 5.13 Å². The molecule has 2 amide bonds. The summed E-state index contributed by atoms with van der Waals surface area (Å²) in [7, 11) is 5.96. The van der Waals surface area contributed by atoms with Gasteiger partial charge in [0.2, 0.25) is 5.91 Å². The van der Waals surface area contributed by atoms with E-state index in [-0.39, 0.29) is 47.4 Å². The summed E-state index contributed by atoms with van der Waals surface area (Å²) in [5, 5.41) is 13.0. The fourth-order valence-electron chi connectivity index (χ4n) is 8.55. The van der Waals surface area contributed by atoms with E-state index in [2.05, 4.69) is 52.2 Å². The van der Waals surface area contributed by atoms with Crippen molar-refractivity contribution in [3.05, 3.63) is 177 Å². The number of nitrogens with zero attached hydrogens (tertiary/aromatic N) is 3. The Labute approximate surface area is 420 Å². The quantitative estimate of drug-likeness (QED) is 0.0210. The van der Waals surface area contributed by atoms with Crippen molar-refractivity contribution in [2.45, 2.75) is 27.8 Å². The van der Waals surface area contributed by atoms with Crippen LogP contribution in [0.15, 0.2) is 153 Å². The van der Waals surface area contributed by atoms with Gasteiger partial charge in [0.05, 0.1) is 25.5 Å². The van der Waals surface area contributed by atoms with Crippen LogP contribution in [-0.4, -0.2) is 91.3 Å². The van der Waals surface area contributed by atoms with E-state index in [1.165, 1.54) is 67.5 Å². The molecule has 14 nitrogen and oxygen atoms in total. The van der Waals surface area contributed by atoms with Gasteiger partial charge < -0.3 is 39.3 Å². The molecule has 4 heterocycles. The van der Waals surface area contributed by atoms with Gasteiger partial charge in [0.1, 0.15) is 47.5 Å². The molecule has 70 heavy (non-hydrogen) atoms. The van der Waals surface area contributed by atoms with E-state index in [1.54, 1.807) is 47.7 Å². The largest absolute Gasteiger partial charge is 0.497 e. The number of benzene rings is 5. The summed E-state index contributed by atoms with van der Waals surface area (Å²) in [6.07, 6.45) is 0. The zero-order valence-corrected chi connectivity index (χ0v) is 41.7. The number of hydrogen-bond donors (Lipinski definition) is 2. The first-order valence-electron chi connectivity index (χ1n) is 22.0. The van der Waals surface area contributed by atoms with E-state index in [1.807, 2.05) is 66.7 Å². The van der Waals surface area contributed by atoms with E-state index < -0.39 is 34.2 Å². The molecule has 2 aliphatic heterocycles. The molecule has 18 heteroatoms. The van der Waals surface area contributed by atoms with Crippen LogP contribution in [0.2, 0.25) is 0 Å². The van der Waals surface area contributed by atoms with Crippen molar-refractivity contribution in [2.75, 3.05) is 51.8 Å². The summed E-state index contributed by atoms with van der Waals surface area (Å²) >= 11 is 5.42. The van der Waals surface area contributed by atoms with Gasteiger partial charge in [-0.1, -0.05) is 108 Å². The molecular formula is C52H47N5O9S4. The van der Waals surface area contributed by atoms with Gasteiger partial charge in [-0.25, -0.2) is 4.98 Å². The van der Waals surface area contributed by atoms with E-state index in [0.29, 0.717) is 36.7 Å². The molecule has 7 aromatic rings. The van der Waals surface area contributed by atoms with Crippen LogP contribution >= 0.6 is 46.2 Å². The van der Waals surface area contributed by atoms with Gasteiger partial charge in [0, 0.05) is 45.6 Å². The maximum Gasteiger partial charge on any atom is 0.315 e. The van der Waals surface area contributed by atoms with E-state index in [4.69, 9.17) is 28.8 Å². The highest BCUT2D eigenvalue weighted by molar-refractivity contribution is 8.01. The summed E-state index contributed by atoms with van der Waals surface area (Å²) in [6, 6.07) is 41.5. The molecule has 9 rings (SSSR count). The number of thioether (sulfide) groups is 2. The minimum absolute atomic E-state index is 0.00210. The molecule has 2 saturated heterocycles. The number of rotatable bonds is 18. The highest BCUT2D eigenvalue weighted by atomic mass is 32.2. The lowest BCUT2D eigenvalue weighted by molar-refractivity contribution is -0.162. The maximum atomic E-state index is 14.4. The number of carbonyl (C=O) groups is 3. The first-order valence-corrected chi connectivity index (χ1v) is 25.7. The second-order valence-corrected chi connectivity index (χ2v) is 20.7. The molecule has 2 unspecified atom stereocenters. The molecule has 0 spiro atoms. The van der Waals surface area contributed by atoms with Gasteiger partial charge in [0.15, 0.2) is 27.8 Å². The van der Waals surface area contributed by atoms with Crippen molar-refractivity contribution in [1.82, 2.24) is 15.2 Å². The monoisotopic (exact) mass is 1010 g/mol. The Kier molecular flexibility index (Phi) is 14.5. The molecule has 2 aromatic heterocycles. The number of β-lactam (4-membered cyclic amide) rings is 1. The van der Waals surface area contributed by atoms with Gasteiger partial charge in [0.25, 0.3) is 5.91 Å². The van der Waals surface area contributed by atoms with Crippen LogP contribution in [0, 0.1) is 5.41 Å². The van der Waals surface area contributed by atoms with Gasteiger partial charge >= 0.3 is 5.97 Å². The Hall–Kier alpha value is -6.86. The number of carbonyl (C=O) groups excluding carboxylic acids is 3. The van der Waals surface area contributed by atoms with E-state index >= 15 is 0 Å². The summed E-state index contributed by atoms with van der Waals surface area (Å²) in [5.41, 5.74) is 1.59. The third-order valence-electron chi connectivity index (χ3n) is 12.2. The molecule has 358 valence electrons. The molecule has 2 aliphatic rings. The standard InChI is InChI=1S/C52H47N5O9S4/c1-62-36-22-20-32(21-23-36)27-66-49(61)51(30-68-43-25-39(58)37-24-40(63-2)41(64-3)26-42(37)70-43)29-57-47(60)45(48(57)69-31-51)54-46(59)44(56-65-4)38-28-67-50(53-38)55-52(33-14-8-5-9-15-33,34-16-10-6-11-17-34)35-18-12-7-13-19-35/h5-26,28,45,48H,27,29-31H2,1-4H3,(H,53,55)(H,54,59)/t45?,48-,51?/m1/s1. The number of anilines is 1. The molecular weight excluding hydrogens is 967 g/mol. The Bertz CT molecular complexity index is 3010. The number of aromatic nitrogens is 1. The lowest BCUT2D eigenvalue weighted by Crippen LogP contribution is -2.74. The topological polar surface area (TPSA) is 167 Å². The van der Waals surface area contributed by atoms with Crippen molar-refractivity contribution >= 4 is 84.9 Å². The first-order chi connectivity index (χ1) is 34.1. The molecule has 0 radical (unpaired) electrons. The number of thiazole rings is 1. The van der Waals surface area contributed by atoms with Crippen LogP contribution in [0.25, 0.3) is 10.1 Å². The zero-order valence-electron chi connectivity index (χ0n) is 38.4. The molecule has 2 N–H and O–H groups in total. The van der Waals surface area contributed by atoms with Crippen LogP contribution in [-0.2, 0) is 36.1 Å². The third kappa shape index (κ3) is 9.55. The molecule has 5 aromatic carbocycles. The predicted molar refractivity (Wildman–Crippen MR) is 276 cm³/mol. The lowest BCUT2D eigenvalue weighted by atomic mass is 9.77. The second-order valence-electron chi connectivity index (χ2n) is 16.4. The van der Waals surface area contributed by atoms with E-state index in [0.717, 1.165) is 22.3 Å². The van der Waals surface area contributed by atoms with Crippen LogP contribution in [0.5, 0.6) is 17.2 Å². The minimum Gasteiger partial charge on any atom is -0.497 e. The van der Waals surface area contributed by atoms with Crippen molar-refractivity contribution in [3.63, 3.8) is 0 Å². The van der Waals surface area contributed by atoms with Gasteiger partial charge in [-0.15, -0.1) is 46.2 Å². The highest BCUT2D eigenvalue weighted by Gasteiger charge is 2.58. The van der Waals surface area contributed by atoms with Crippen molar-refractivity contribution in [2.24, 2.45) is 10.6 Å². The van der Waals surface area contributed by atoms with Gasteiger partial charge in [-0.05, 0) is 40.5 Å². The molecule has 2 fully saturated rings. The predicted octanol–water partition coefficient (Wildman–Crippen LogP) is 8.42. The lowest BCUT2D eigenvalue weighted by Gasteiger charge is -2.54. The van der Waals surface area contributed by atoms with Crippen LogP contribution in [0.3, 0.4) is 0 Å². The third-order valence-corrected chi connectivity index (χ3v) is 17.1. The SMILES string of the molecule is CON=C(C(=O)NC1C(=O)N2CC(CSc3cc(=O)c4cc(OC)c(OC)cc4s3)(C(=O)OCc3ccc(OC)cc3)CS[C@H]12)c1csc(NC(c2ccccc2)(c2ccccc2)c2ccccc2)n1. The summed E-state index contributed by atoms with van der Waals surface area (Å²) in [6.45, 7) is 0.0338. The number of esters is 1. The minimum atomic E-state index is -1.17. The average molecular weight is 1010 g/mol. The summed E-state index contributed by atoms with van der Waals surface area (Å²) in [5.74, 6) is 0.570. The number of fused-ring (bicyclic) bond motifs is 2. The Balaban J connectivity index is 0.937. The second kappa shape index (κ2) is 21.0. The van der Waals surface area contributed by atoms with Crippen molar-refractivity contribution in [1.29, 1.82) is 0 Å². The van der Waals surface area contributed by atoms with Crippen LogP contribution in [0.1, 0.15) is 27.9 Å². The zero-order chi connectivity index (χ0) is 48.8. The highest BCUT2D eigenvalue weighted by Crippen LogP contribution is 2.47. The number of hydrogen-bond acceptors (Lipinski definition) is 16. The summed E-state index contributed by atoms with van der Waals surface area (Å²) in [4.78, 5) is 67.7. The van der Waals surface area contributed by atoms with Crippen molar-refractivity contribution in [3.8, 4) is 17.2 Å². The summed E-state index contributed by atoms with van der Waals surface area (Å²) < 4.78 is 23.6. The molecule has 3 atom stereocenters. The average Bonchev–Trinajstić information content (AvgIpc) is 3.87. The maximum absolute atomic E-state index is 14.4. The van der Waals surface area contributed by atoms with E-state index in [9.17, 15) is 19.2 Å². The fraction of sp³-hybridized carbons (Fsp3) is 0.231. The first kappa shape index (κ1) is 48.2. The fourth-order valence-corrected chi connectivity index (χ4v) is 13.4. The van der Waals surface area contributed by atoms with Crippen LogP contribution < -0.4 is 30.3 Å². The molecule has 0 bridgehead atoms. The Morgan fingerprint density at radius 3 is 2.06 bits per heavy atom. The number of nitrogens with one attached hydrogen (secondary N) is 2. The van der Waals surface area contributed by atoms with Crippen molar-refractivity contribution < 1.29 is 38.2 Å². The number of ether oxygens (including phenoxy) is 4. The number of amides is 2. The normalized spacial score (nSPS) is 17.7. The number of oxime groups is 1. The Morgan fingerprint density at radius 1 is 0.829 bits per heavy atom. The smallest absolute Gasteiger partial charge is 0.315 e. The van der Waals surface area contributed by atoms with Gasteiger partial charge in [-0.3, -0.25) is 19.2 Å².